The molecule has 0 aliphatic heterocycles. The molecule has 6 nitrogen and oxygen atoms in total. The number of carboxylic acids is 1. The fraction of sp³-hybridized carbons (Fsp3) is 0.0833. The number of carboxylic acid groups (broad SMARTS) is 1. The molecule has 2 rings (SSSR count). The maximum Gasteiger partial charge on any atom is 0.342 e. The second-order valence-electron chi connectivity index (χ2n) is 3.91. The zero-order chi connectivity index (χ0) is 14.2. The van der Waals surface area contributed by atoms with Gasteiger partial charge >= 0.3 is 11.7 Å². The van der Waals surface area contributed by atoms with E-state index in [4.69, 9.17) is 16.7 Å². The smallest absolute Gasteiger partial charge is 0.342 e. The molecule has 2 aromatic rings. The summed E-state index contributed by atoms with van der Waals surface area (Å²) >= 11 is 5.95. The lowest BCUT2D eigenvalue weighted by molar-refractivity contribution is 0.0694. The molecule has 0 fully saturated rings. The van der Waals surface area contributed by atoms with E-state index < -0.39 is 22.8 Å². The predicted molar refractivity (Wildman–Crippen MR) is 69.4 cm³/mol. The molecule has 2 N–H and O–H groups in total. The van der Waals surface area contributed by atoms with Gasteiger partial charge in [0.15, 0.2) is 0 Å². The van der Waals surface area contributed by atoms with Crippen LogP contribution in [0.25, 0.3) is 5.69 Å². The molecule has 0 saturated carbocycles. The van der Waals surface area contributed by atoms with E-state index in [1.54, 1.807) is 19.1 Å². The van der Waals surface area contributed by atoms with E-state index in [1.807, 2.05) is 4.98 Å². The molecule has 0 aliphatic carbocycles. The maximum atomic E-state index is 11.7. The number of aromatic amines is 1. The highest BCUT2D eigenvalue weighted by Crippen LogP contribution is 2.18. The quantitative estimate of drug-likeness (QED) is 0.864. The van der Waals surface area contributed by atoms with E-state index in [0.717, 1.165) is 16.3 Å². The molecule has 98 valence electrons. The number of nitrogens with zero attached hydrogens (tertiary/aromatic N) is 1. The lowest BCUT2D eigenvalue weighted by atomic mass is 10.2. The van der Waals surface area contributed by atoms with Crippen LogP contribution in [-0.4, -0.2) is 20.6 Å². The van der Waals surface area contributed by atoms with Crippen molar-refractivity contribution in [3.8, 4) is 5.69 Å². The van der Waals surface area contributed by atoms with Crippen LogP contribution in [0.3, 0.4) is 0 Å². The first-order valence-corrected chi connectivity index (χ1v) is 5.64. The van der Waals surface area contributed by atoms with Crippen molar-refractivity contribution in [2.24, 2.45) is 0 Å². The summed E-state index contributed by atoms with van der Waals surface area (Å²) in [7, 11) is 0. The Hall–Kier alpha value is -2.34. The third kappa shape index (κ3) is 2.43. The summed E-state index contributed by atoms with van der Waals surface area (Å²) in [6.45, 7) is 1.80. The lowest BCUT2D eigenvalue weighted by Gasteiger charge is -2.07. The number of hydrogen-bond donors (Lipinski definition) is 2. The standard InChI is InChI=1S/C12H9ClN2O4/c1-6-2-3-7(4-9(6)13)15-5-8(11(17)18)10(16)14-12(15)19/h2-5H,1H3,(H,17,18)(H,14,16,19). The van der Waals surface area contributed by atoms with Crippen LogP contribution in [-0.2, 0) is 0 Å². The Kier molecular flexibility index (Phi) is 3.26. The summed E-state index contributed by atoms with van der Waals surface area (Å²) in [5.74, 6) is -1.41. The van der Waals surface area contributed by atoms with E-state index in [-0.39, 0.29) is 0 Å². The van der Waals surface area contributed by atoms with Crippen molar-refractivity contribution in [2.75, 3.05) is 0 Å². The van der Waals surface area contributed by atoms with Gasteiger partial charge in [-0.05, 0) is 24.6 Å². The van der Waals surface area contributed by atoms with Crippen molar-refractivity contribution in [1.29, 1.82) is 0 Å². The van der Waals surface area contributed by atoms with Gasteiger partial charge in [0, 0.05) is 11.2 Å². The van der Waals surface area contributed by atoms with E-state index in [0.29, 0.717) is 10.7 Å². The Bertz CT molecular complexity index is 776. The summed E-state index contributed by atoms with van der Waals surface area (Å²) in [4.78, 5) is 35.8. The number of benzene rings is 1. The molecule has 19 heavy (non-hydrogen) atoms. The average Bonchev–Trinajstić information content (AvgIpc) is 2.32. The summed E-state index contributed by atoms with van der Waals surface area (Å²) in [6, 6.07) is 4.81. The number of aromatic nitrogens is 2. The lowest BCUT2D eigenvalue weighted by Crippen LogP contribution is -2.32. The highest BCUT2D eigenvalue weighted by Gasteiger charge is 2.12. The van der Waals surface area contributed by atoms with Gasteiger partial charge in [-0.1, -0.05) is 17.7 Å². The first-order valence-electron chi connectivity index (χ1n) is 5.26. The van der Waals surface area contributed by atoms with E-state index in [2.05, 4.69) is 0 Å². The summed E-state index contributed by atoms with van der Waals surface area (Å²) in [6.07, 6.45) is 0.977. The van der Waals surface area contributed by atoms with Crippen molar-refractivity contribution >= 4 is 17.6 Å². The van der Waals surface area contributed by atoms with Gasteiger partial charge in [-0.3, -0.25) is 14.3 Å². The van der Waals surface area contributed by atoms with Crippen LogP contribution in [0.1, 0.15) is 15.9 Å². The molecule has 1 aromatic carbocycles. The first-order chi connectivity index (χ1) is 8.90. The molecule has 0 aliphatic rings. The zero-order valence-corrected chi connectivity index (χ0v) is 10.6. The van der Waals surface area contributed by atoms with Gasteiger partial charge in [-0.2, -0.15) is 0 Å². The number of rotatable bonds is 2. The molecular weight excluding hydrogens is 272 g/mol. The summed E-state index contributed by atoms with van der Waals surface area (Å²) < 4.78 is 1.02. The average molecular weight is 281 g/mol. The molecule has 1 heterocycles. The normalized spacial score (nSPS) is 10.4. The van der Waals surface area contributed by atoms with Crippen molar-refractivity contribution in [3.05, 3.63) is 61.4 Å². The molecule has 7 heteroatoms. The Morgan fingerprint density at radius 3 is 2.63 bits per heavy atom. The highest BCUT2D eigenvalue weighted by atomic mass is 35.5. The summed E-state index contributed by atoms with van der Waals surface area (Å²) in [5.41, 5.74) is -0.987. The fourth-order valence-corrected chi connectivity index (χ4v) is 1.72. The Labute approximate surface area is 111 Å². The Morgan fingerprint density at radius 2 is 2.05 bits per heavy atom. The number of carbonyl (C=O) groups is 1. The molecule has 0 bridgehead atoms. The minimum Gasteiger partial charge on any atom is -0.477 e. The van der Waals surface area contributed by atoms with Crippen molar-refractivity contribution in [3.63, 3.8) is 0 Å². The second kappa shape index (κ2) is 4.74. The SMILES string of the molecule is Cc1ccc(-n2cc(C(=O)O)c(=O)[nH]c2=O)cc1Cl. The Balaban J connectivity index is 2.71. The van der Waals surface area contributed by atoms with Crippen LogP contribution >= 0.6 is 11.6 Å². The highest BCUT2D eigenvalue weighted by molar-refractivity contribution is 6.31. The maximum absolute atomic E-state index is 11.7. The number of halogens is 1. The first kappa shape index (κ1) is 13.1. The van der Waals surface area contributed by atoms with E-state index >= 15 is 0 Å². The van der Waals surface area contributed by atoms with Crippen LogP contribution in [0.5, 0.6) is 0 Å². The number of aromatic carboxylic acids is 1. The van der Waals surface area contributed by atoms with Gasteiger partial charge in [-0.15, -0.1) is 0 Å². The van der Waals surface area contributed by atoms with Crippen molar-refractivity contribution in [2.45, 2.75) is 6.92 Å². The molecule has 0 atom stereocenters. The third-order valence-corrected chi connectivity index (χ3v) is 3.01. The number of H-pyrrole nitrogens is 1. The monoisotopic (exact) mass is 280 g/mol. The van der Waals surface area contributed by atoms with E-state index in [9.17, 15) is 14.4 Å². The fourth-order valence-electron chi connectivity index (χ4n) is 1.55. The van der Waals surface area contributed by atoms with Gasteiger partial charge in [-0.25, -0.2) is 9.59 Å². The number of hydrogen-bond acceptors (Lipinski definition) is 3. The van der Waals surface area contributed by atoms with E-state index in [1.165, 1.54) is 6.07 Å². The van der Waals surface area contributed by atoms with Gasteiger partial charge < -0.3 is 5.11 Å². The molecule has 0 saturated heterocycles. The molecule has 0 radical (unpaired) electrons. The second-order valence-corrected chi connectivity index (χ2v) is 4.32. The largest absolute Gasteiger partial charge is 0.477 e. The Morgan fingerprint density at radius 1 is 1.37 bits per heavy atom. The predicted octanol–water partition coefficient (Wildman–Crippen LogP) is 1.19. The van der Waals surface area contributed by atoms with Crippen LogP contribution in [0, 0.1) is 6.92 Å². The van der Waals surface area contributed by atoms with Crippen LogP contribution in [0.15, 0.2) is 34.0 Å². The van der Waals surface area contributed by atoms with Crippen LogP contribution in [0.2, 0.25) is 5.02 Å². The topological polar surface area (TPSA) is 92.2 Å². The van der Waals surface area contributed by atoms with Gasteiger partial charge in [0.05, 0.1) is 5.69 Å². The molecule has 0 spiro atoms. The van der Waals surface area contributed by atoms with Gasteiger partial charge in [0.1, 0.15) is 5.56 Å². The minimum absolute atomic E-state index is 0.374. The molecule has 0 amide bonds. The summed E-state index contributed by atoms with van der Waals surface area (Å²) in [5, 5.41) is 9.30. The van der Waals surface area contributed by atoms with Crippen LogP contribution in [0.4, 0.5) is 0 Å². The van der Waals surface area contributed by atoms with Crippen molar-refractivity contribution < 1.29 is 9.90 Å². The minimum atomic E-state index is -1.41. The van der Waals surface area contributed by atoms with Gasteiger partial charge in [0.25, 0.3) is 5.56 Å². The van der Waals surface area contributed by atoms with Crippen molar-refractivity contribution in [1.82, 2.24) is 9.55 Å². The molecule has 0 unspecified atom stereocenters. The number of aryl methyl sites for hydroxylation is 1. The third-order valence-electron chi connectivity index (χ3n) is 2.61. The van der Waals surface area contributed by atoms with Gasteiger partial charge in [0.2, 0.25) is 0 Å². The van der Waals surface area contributed by atoms with Crippen LogP contribution < -0.4 is 11.2 Å². The number of nitrogens with one attached hydrogen (secondary N) is 1. The molecular formula is C12H9ClN2O4. The molecule has 1 aromatic heterocycles. The zero-order valence-electron chi connectivity index (χ0n) is 9.81.